The number of carbonyl (C=O) groups is 1. The van der Waals surface area contributed by atoms with E-state index in [0.29, 0.717) is 6.04 Å². The lowest BCUT2D eigenvalue weighted by Crippen LogP contribution is -2.47. The Bertz CT molecular complexity index is 540. The first-order chi connectivity index (χ1) is 11.1. The predicted molar refractivity (Wildman–Crippen MR) is 91.3 cm³/mol. The highest BCUT2D eigenvalue weighted by atomic mass is 16.2. The summed E-state index contributed by atoms with van der Waals surface area (Å²) in [6.45, 7) is 5.95. The van der Waals surface area contributed by atoms with Crippen molar-refractivity contribution >= 4 is 11.9 Å². The first-order valence-electron chi connectivity index (χ1n) is 8.97. The van der Waals surface area contributed by atoms with Crippen molar-refractivity contribution < 1.29 is 4.79 Å². The van der Waals surface area contributed by atoms with Crippen LogP contribution in [0.25, 0.3) is 0 Å². The van der Waals surface area contributed by atoms with E-state index in [2.05, 4.69) is 27.1 Å². The number of hydrogen-bond donors (Lipinski definition) is 1. The quantitative estimate of drug-likeness (QED) is 0.931. The number of hydrogen-bond acceptors (Lipinski definition) is 4. The second kappa shape index (κ2) is 7.28. The maximum Gasteiger partial charge on any atom is 0.225 e. The Hall–Kier alpha value is -1.65. The Morgan fingerprint density at radius 1 is 1.26 bits per heavy atom. The molecule has 2 aliphatic rings. The number of carbonyl (C=O) groups excluding carboxylic acids is 1. The molecule has 1 saturated heterocycles. The third-order valence-corrected chi connectivity index (χ3v) is 5.22. The van der Waals surface area contributed by atoms with Crippen LogP contribution in [-0.2, 0) is 4.79 Å². The molecular formula is C18H28N4O. The normalized spacial score (nSPS) is 28.4. The molecule has 2 heterocycles. The van der Waals surface area contributed by atoms with E-state index in [1.54, 1.807) is 6.20 Å². The summed E-state index contributed by atoms with van der Waals surface area (Å²) in [5.41, 5.74) is 0.970. The molecule has 23 heavy (non-hydrogen) atoms. The van der Waals surface area contributed by atoms with Gasteiger partial charge in [-0.1, -0.05) is 6.92 Å². The average molecular weight is 316 g/mol. The monoisotopic (exact) mass is 316 g/mol. The van der Waals surface area contributed by atoms with Crippen molar-refractivity contribution in [3.05, 3.63) is 18.0 Å². The molecule has 126 valence electrons. The molecule has 2 fully saturated rings. The molecular weight excluding hydrogens is 288 g/mol. The van der Waals surface area contributed by atoms with Gasteiger partial charge >= 0.3 is 0 Å². The van der Waals surface area contributed by atoms with Crippen molar-refractivity contribution in [1.82, 2.24) is 15.3 Å². The molecule has 5 heteroatoms. The molecule has 1 aliphatic heterocycles. The van der Waals surface area contributed by atoms with Crippen molar-refractivity contribution in [1.29, 1.82) is 0 Å². The van der Waals surface area contributed by atoms with Gasteiger partial charge in [0.15, 0.2) is 0 Å². The van der Waals surface area contributed by atoms with E-state index in [4.69, 9.17) is 0 Å². The number of rotatable bonds is 3. The molecule has 1 unspecified atom stereocenters. The number of amides is 1. The number of anilines is 1. The van der Waals surface area contributed by atoms with Crippen LogP contribution in [0.3, 0.4) is 0 Å². The van der Waals surface area contributed by atoms with Crippen molar-refractivity contribution in [2.75, 3.05) is 18.0 Å². The number of nitrogens with zero attached hydrogens (tertiary/aromatic N) is 3. The third-order valence-electron chi connectivity index (χ3n) is 5.22. The number of nitrogens with one attached hydrogen (secondary N) is 1. The van der Waals surface area contributed by atoms with Crippen LogP contribution in [0.5, 0.6) is 0 Å². The van der Waals surface area contributed by atoms with Gasteiger partial charge in [0.1, 0.15) is 0 Å². The smallest absolute Gasteiger partial charge is 0.225 e. The summed E-state index contributed by atoms with van der Waals surface area (Å²) in [6, 6.07) is 2.28. The molecule has 0 spiro atoms. The van der Waals surface area contributed by atoms with Gasteiger partial charge in [0, 0.05) is 31.0 Å². The van der Waals surface area contributed by atoms with Crippen LogP contribution in [0.1, 0.15) is 51.1 Å². The summed E-state index contributed by atoms with van der Waals surface area (Å²) < 4.78 is 0. The first-order valence-corrected chi connectivity index (χ1v) is 8.97. The van der Waals surface area contributed by atoms with E-state index in [1.807, 2.05) is 13.0 Å². The maximum atomic E-state index is 12.6. The van der Waals surface area contributed by atoms with Crippen LogP contribution < -0.4 is 10.2 Å². The average Bonchev–Trinajstić information content (AvgIpc) is 2.57. The molecule has 1 N–H and O–H groups in total. The molecule has 1 atom stereocenters. The summed E-state index contributed by atoms with van der Waals surface area (Å²) in [4.78, 5) is 23.6. The summed E-state index contributed by atoms with van der Waals surface area (Å²) in [5, 5.41) is 3.29. The standard InChI is InChI=1S/C18H28N4O/c1-13-5-7-16(8-6-13)21-17(23)15-4-3-11-22(12-15)18-19-10-9-14(2)20-18/h9-10,13,15-16H,3-8,11-12H2,1-2H3,(H,21,23). The zero-order chi connectivity index (χ0) is 16.2. The molecule has 1 aliphatic carbocycles. The van der Waals surface area contributed by atoms with E-state index in [9.17, 15) is 4.79 Å². The molecule has 3 rings (SSSR count). The van der Waals surface area contributed by atoms with Crippen LogP contribution in [0.15, 0.2) is 12.3 Å². The van der Waals surface area contributed by atoms with Gasteiger partial charge in [0.2, 0.25) is 11.9 Å². The lowest BCUT2D eigenvalue weighted by Gasteiger charge is -2.34. The Morgan fingerprint density at radius 2 is 2.04 bits per heavy atom. The fraction of sp³-hybridized carbons (Fsp3) is 0.722. The SMILES string of the molecule is Cc1ccnc(N2CCCC(C(=O)NC3CCC(C)CC3)C2)n1. The molecule has 0 bridgehead atoms. The molecule has 5 nitrogen and oxygen atoms in total. The minimum atomic E-state index is 0.0622. The predicted octanol–water partition coefficient (Wildman–Crippen LogP) is 2.70. The van der Waals surface area contributed by atoms with Gasteiger partial charge < -0.3 is 10.2 Å². The molecule has 1 saturated carbocycles. The van der Waals surface area contributed by atoms with Crippen molar-refractivity contribution in [2.45, 2.75) is 58.4 Å². The van der Waals surface area contributed by atoms with Gasteiger partial charge in [-0.2, -0.15) is 0 Å². The summed E-state index contributed by atoms with van der Waals surface area (Å²) >= 11 is 0. The first kappa shape index (κ1) is 16.2. The zero-order valence-corrected chi connectivity index (χ0v) is 14.3. The molecule has 0 aromatic carbocycles. The minimum Gasteiger partial charge on any atom is -0.353 e. The Kier molecular flexibility index (Phi) is 5.13. The highest BCUT2D eigenvalue weighted by Gasteiger charge is 2.29. The number of aryl methyl sites for hydroxylation is 1. The molecule has 1 aromatic heterocycles. The second-order valence-electron chi connectivity index (χ2n) is 7.25. The van der Waals surface area contributed by atoms with E-state index < -0.39 is 0 Å². The minimum absolute atomic E-state index is 0.0622. The Morgan fingerprint density at radius 3 is 2.78 bits per heavy atom. The van der Waals surface area contributed by atoms with Crippen molar-refractivity contribution in [3.8, 4) is 0 Å². The Balaban J connectivity index is 1.56. The van der Waals surface area contributed by atoms with Gasteiger partial charge in [-0.05, 0) is 57.4 Å². The van der Waals surface area contributed by atoms with Gasteiger partial charge in [-0.15, -0.1) is 0 Å². The van der Waals surface area contributed by atoms with Gasteiger partial charge in [-0.25, -0.2) is 9.97 Å². The lowest BCUT2D eigenvalue weighted by molar-refractivity contribution is -0.126. The van der Waals surface area contributed by atoms with Gasteiger partial charge in [-0.3, -0.25) is 4.79 Å². The fourth-order valence-corrected chi connectivity index (χ4v) is 3.68. The van der Waals surface area contributed by atoms with Gasteiger partial charge in [0.05, 0.1) is 5.92 Å². The van der Waals surface area contributed by atoms with Crippen molar-refractivity contribution in [2.24, 2.45) is 11.8 Å². The largest absolute Gasteiger partial charge is 0.353 e. The van der Waals surface area contributed by atoms with E-state index in [1.165, 1.54) is 12.8 Å². The topological polar surface area (TPSA) is 58.1 Å². The highest BCUT2D eigenvalue weighted by Crippen LogP contribution is 2.25. The second-order valence-corrected chi connectivity index (χ2v) is 7.25. The van der Waals surface area contributed by atoms with Crippen LogP contribution in [0.2, 0.25) is 0 Å². The molecule has 0 radical (unpaired) electrons. The molecule has 1 aromatic rings. The summed E-state index contributed by atoms with van der Waals surface area (Å²) in [6.07, 6.45) is 8.52. The highest BCUT2D eigenvalue weighted by molar-refractivity contribution is 5.79. The third kappa shape index (κ3) is 4.21. The van der Waals surface area contributed by atoms with E-state index in [0.717, 1.165) is 56.3 Å². The van der Waals surface area contributed by atoms with E-state index in [-0.39, 0.29) is 11.8 Å². The zero-order valence-electron chi connectivity index (χ0n) is 14.3. The fourth-order valence-electron chi connectivity index (χ4n) is 3.68. The van der Waals surface area contributed by atoms with Crippen LogP contribution in [0, 0.1) is 18.8 Å². The van der Waals surface area contributed by atoms with Crippen LogP contribution in [0.4, 0.5) is 5.95 Å². The summed E-state index contributed by atoms with van der Waals surface area (Å²) in [7, 11) is 0. The van der Waals surface area contributed by atoms with E-state index >= 15 is 0 Å². The Labute approximate surface area is 138 Å². The maximum absolute atomic E-state index is 12.6. The molecule has 1 amide bonds. The number of piperidine rings is 1. The number of aromatic nitrogens is 2. The lowest BCUT2D eigenvalue weighted by atomic mass is 9.87. The van der Waals surface area contributed by atoms with Crippen LogP contribution >= 0.6 is 0 Å². The van der Waals surface area contributed by atoms with Crippen LogP contribution in [-0.4, -0.2) is 35.0 Å². The van der Waals surface area contributed by atoms with Crippen molar-refractivity contribution in [3.63, 3.8) is 0 Å². The van der Waals surface area contributed by atoms with Gasteiger partial charge in [0.25, 0.3) is 0 Å². The summed E-state index contributed by atoms with van der Waals surface area (Å²) in [5.74, 6) is 1.86.